The molecule has 1 unspecified atom stereocenters. The molecule has 0 fully saturated rings. The molecule has 2 rings (SSSR count). The van der Waals surface area contributed by atoms with E-state index in [1.807, 2.05) is 18.3 Å². The summed E-state index contributed by atoms with van der Waals surface area (Å²) < 4.78 is 1.07. The first kappa shape index (κ1) is 9.74. The number of benzene rings is 1. The van der Waals surface area contributed by atoms with Crippen molar-refractivity contribution in [1.82, 2.24) is 4.98 Å². The van der Waals surface area contributed by atoms with Gasteiger partial charge in [-0.2, -0.15) is 0 Å². The van der Waals surface area contributed by atoms with Crippen molar-refractivity contribution in [3.63, 3.8) is 0 Å². The Kier molecular flexibility index (Phi) is 2.61. The van der Waals surface area contributed by atoms with Crippen LogP contribution >= 0.6 is 15.9 Å². The molecule has 0 aliphatic carbocycles. The molecule has 0 aliphatic rings. The lowest BCUT2D eigenvalue weighted by Gasteiger charge is -2.01. The SMILES string of the molecule is CC(O)Cc1c[nH]c2cc(Br)ccc12. The van der Waals surface area contributed by atoms with Gasteiger partial charge in [0.05, 0.1) is 6.10 Å². The summed E-state index contributed by atoms with van der Waals surface area (Å²) in [5, 5.41) is 10.5. The Morgan fingerprint density at radius 3 is 3.00 bits per heavy atom. The molecule has 0 aliphatic heterocycles. The minimum absolute atomic E-state index is 0.294. The van der Waals surface area contributed by atoms with Gasteiger partial charge in [-0.15, -0.1) is 0 Å². The molecule has 2 nitrogen and oxygen atoms in total. The van der Waals surface area contributed by atoms with Crippen LogP contribution in [0.25, 0.3) is 10.9 Å². The zero-order chi connectivity index (χ0) is 10.1. The van der Waals surface area contributed by atoms with Crippen LogP contribution in [0.1, 0.15) is 12.5 Å². The number of hydrogen-bond donors (Lipinski definition) is 2. The quantitative estimate of drug-likeness (QED) is 0.849. The molecule has 1 atom stereocenters. The van der Waals surface area contributed by atoms with Gasteiger partial charge >= 0.3 is 0 Å². The molecule has 0 bridgehead atoms. The van der Waals surface area contributed by atoms with Crippen LogP contribution in [0.15, 0.2) is 28.9 Å². The summed E-state index contributed by atoms with van der Waals surface area (Å²) in [6.07, 6.45) is 2.36. The van der Waals surface area contributed by atoms with E-state index in [9.17, 15) is 5.11 Å². The zero-order valence-electron chi connectivity index (χ0n) is 7.92. The number of H-pyrrole nitrogens is 1. The average Bonchev–Trinajstić information content (AvgIpc) is 2.47. The Morgan fingerprint density at radius 1 is 1.50 bits per heavy atom. The van der Waals surface area contributed by atoms with Gasteiger partial charge in [0.15, 0.2) is 0 Å². The molecule has 0 amide bonds. The predicted molar refractivity (Wildman–Crippen MR) is 61.4 cm³/mol. The molecule has 14 heavy (non-hydrogen) atoms. The van der Waals surface area contributed by atoms with E-state index in [1.54, 1.807) is 6.92 Å². The molecule has 1 aromatic heterocycles. The van der Waals surface area contributed by atoms with Crippen LogP contribution in [-0.2, 0) is 6.42 Å². The fourth-order valence-electron chi connectivity index (χ4n) is 1.65. The average molecular weight is 254 g/mol. The van der Waals surface area contributed by atoms with Crippen molar-refractivity contribution in [2.75, 3.05) is 0 Å². The van der Waals surface area contributed by atoms with Crippen LogP contribution in [0.3, 0.4) is 0 Å². The molecule has 0 spiro atoms. The molecule has 2 aromatic rings. The molecule has 74 valence electrons. The topological polar surface area (TPSA) is 36.0 Å². The third kappa shape index (κ3) is 1.83. The number of hydrogen-bond acceptors (Lipinski definition) is 1. The second kappa shape index (κ2) is 3.75. The van der Waals surface area contributed by atoms with Crippen LogP contribution in [0.2, 0.25) is 0 Å². The van der Waals surface area contributed by atoms with E-state index in [-0.39, 0.29) is 6.10 Å². The number of aliphatic hydroxyl groups is 1. The van der Waals surface area contributed by atoms with Crippen molar-refractivity contribution >= 4 is 26.8 Å². The Labute approximate surface area is 91.1 Å². The highest BCUT2D eigenvalue weighted by atomic mass is 79.9. The summed E-state index contributed by atoms with van der Waals surface area (Å²) in [4.78, 5) is 3.19. The Morgan fingerprint density at radius 2 is 2.29 bits per heavy atom. The number of halogens is 1. The highest BCUT2D eigenvalue weighted by Crippen LogP contribution is 2.23. The first-order valence-electron chi connectivity index (χ1n) is 4.60. The van der Waals surface area contributed by atoms with Gasteiger partial charge in [0.1, 0.15) is 0 Å². The molecule has 1 aromatic carbocycles. The van der Waals surface area contributed by atoms with E-state index >= 15 is 0 Å². The lowest BCUT2D eigenvalue weighted by molar-refractivity contribution is 0.196. The monoisotopic (exact) mass is 253 g/mol. The lowest BCUT2D eigenvalue weighted by Crippen LogP contribution is -2.03. The number of aliphatic hydroxyl groups excluding tert-OH is 1. The normalized spacial score (nSPS) is 13.4. The van der Waals surface area contributed by atoms with E-state index in [4.69, 9.17) is 0 Å². The maximum absolute atomic E-state index is 9.32. The highest BCUT2D eigenvalue weighted by molar-refractivity contribution is 9.10. The number of aromatic amines is 1. The molecular formula is C11H12BrNO. The van der Waals surface area contributed by atoms with Crippen molar-refractivity contribution < 1.29 is 5.11 Å². The van der Waals surface area contributed by atoms with Crippen LogP contribution in [0.4, 0.5) is 0 Å². The number of nitrogens with one attached hydrogen (secondary N) is 1. The summed E-state index contributed by atoms with van der Waals surface area (Å²) >= 11 is 3.42. The van der Waals surface area contributed by atoms with Crippen LogP contribution in [0, 0.1) is 0 Å². The fraction of sp³-hybridized carbons (Fsp3) is 0.273. The summed E-state index contributed by atoms with van der Waals surface area (Å²) in [7, 11) is 0. The smallest absolute Gasteiger partial charge is 0.0553 e. The number of rotatable bonds is 2. The van der Waals surface area contributed by atoms with Crippen LogP contribution in [-0.4, -0.2) is 16.2 Å². The Bertz CT molecular complexity index is 447. The second-order valence-corrected chi connectivity index (χ2v) is 4.47. The highest BCUT2D eigenvalue weighted by Gasteiger charge is 2.06. The number of fused-ring (bicyclic) bond motifs is 1. The molecular weight excluding hydrogens is 242 g/mol. The molecule has 1 heterocycles. The van der Waals surface area contributed by atoms with Crippen molar-refractivity contribution in [3.05, 3.63) is 34.4 Å². The zero-order valence-corrected chi connectivity index (χ0v) is 9.51. The minimum atomic E-state index is -0.294. The van der Waals surface area contributed by atoms with Crippen molar-refractivity contribution in [1.29, 1.82) is 0 Å². The van der Waals surface area contributed by atoms with Crippen LogP contribution < -0.4 is 0 Å². The molecule has 3 heteroatoms. The maximum atomic E-state index is 9.32. The first-order valence-corrected chi connectivity index (χ1v) is 5.39. The van der Waals surface area contributed by atoms with Gasteiger partial charge in [-0.05, 0) is 24.6 Å². The second-order valence-electron chi connectivity index (χ2n) is 3.56. The number of aromatic nitrogens is 1. The molecule has 0 saturated heterocycles. The fourth-order valence-corrected chi connectivity index (χ4v) is 2.01. The third-order valence-corrected chi connectivity index (χ3v) is 2.74. The van der Waals surface area contributed by atoms with E-state index < -0.39 is 0 Å². The summed E-state index contributed by atoms with van der Waals surface area (Å²) in [6.45, 7) is 1.80. The van der Waals surface area contributed by atoms with Crippen molar-refractivity contribution in [2.45, 2.75) is 19.4 Å². The van der Waals surface area contributed by atoms with Gasteiger partial charge < -0.3 is 10.1 Å². The van der Waals surface area contributed by atoms with Gasteiger partial charge in [0.2, 0.25) is 0 Å². The van der Waals surface area contributed by atoms with Gasteiger partial charge in [-0.25, -0.2) is 0 Å². The van der Waals surface area contributed by atoms with Crippen LogP contribution in [0.5, 0.6) is 0 Å². The van der Waals surface area contributed by atoms with E-state index in [0.29, 0.717) is 6.42 Å². The standard InChI is InChI=1S/C11H12BrNO/c1-7(14)4-8-6-13-11-5-9(12)2-3-10(8)11/h2-3,5-7,13-14H,4H2,1H3. The molecule has 0 radical (unpaired) electrons. The van der Waals surface area contributed by atoms with Gasteiger partial charge in [-0.3, -0.25) is 0 Å². The summed E-state index contributed by atoms with van der Waals surface area (Å²) in [5.74, 6) is 0. The predicted octanol–water partition coefficient (Wildman–Crippen LogP) is 2.85. The maximum Gasteiger partial charge on any atom is 0.0553 e. The third-order valence-electron chi connectivity index (χ3n) is 2.24. The lowest BCUT2D eigenvalue weighted by atomic mass is 10.1. The molecule has 2 N–H and O–H groups in total. The summed E-state index contributed by atoms with van der Waals surface area (Å²) in [5.41, 5.74) is 2.28. The van der Waals surface area contributed by atoms with Gasteiger partial charge in [0.25, 0.3) is 0 Å². The molecule has 0 saturated carbocycles. The van der Waals surface area contributed by atoms with Gasteiger partial charge in [0, 0.05) is 28.0 Å². The van der Waals surface area contributed by atoms with E-state index in [1.165, 1.54) is 10.9 Å². The van der Waals surface area contributed by atoms with Crippen molar-refractivity contribution in [3.8, 4) is 0 Å². The van der Waals surface area contributed by atoms with Crippen molar-refractivity contribution in [2.24, 2.45) is 0 Å². The summed E-state index contributed by atoms with van der Waals surface area (Å²) in [6, 6.07) is 6.12. The Balaban J connectivity index is 2.47. The van der Waals surface area contributed by atoms with E-state index in [0.717, 1.165) is 9.99 Å². The first-order chi connectivity index (χ1) is 6.66. The Hall–Kier alpha value is -0.800. The van der Waals surface area contributed by atoms with E-state index in [2.05, 4.69) is 27.0 Å². The minimum Gasteiger partial charge on any atom is -0.393 e. The van der Waals surface area contributed by atoms with Gasteiger partial charge in [-0.1, -0.05) is 22.0 Å². The largest absolute Gasteiger partial charge is 0.393 e.